The van der Waals surface area contributed by atoms with Crippen LogP contribution in [0.25, 0.3) is 0 Å². The number of carbonyl (C=O) groups excluding carboxylic acids is 1. The number of hydrogen-bond donors (Lipinski definition) is 1. The second-order valence-corrected chi connectivity index (χ2v) is 3.55. The monoisotopic (exact) mass is 290 g/mol. The first kappa shape index (κ1) is 17.3. The van der Waals surface area contributed by atoms with Gasteiger partial charge >= 0.3 is 11.9 Å². The quantitative estimate of drug-likeness (QED) is 0.862. The molecular formula is C12H13ClF2N2O2. The summed E-state index contributed by atoms with van der Waals surface area (Å²) in [5, 5.41) is 8.58. The summed E-state index contributed by atoms with van der Waals surface area (Å²) in [5.74, 6) is -5.45. The minimum absolute atomic E-state index is 0. The first-order chi connectivity index (χ1) is 8.43. The lowest BCUT2D eigenvalue weighted by atomic mass is 10.0. The van der Waals surface area contributed by atoms with Crippen LogP contribution >= 0.6 is 12.4 Å². The minimum atomic E-state index is -3.80. The van der Waals surface area contributed by atoms with Crippen LogP contribution in [0.4, 0.5) is 8.78 Å². The van der Waals surface area contributed by atoms with Crippen molar-refractivity contribution in [2.75, 3.05) is 6.61 Å². The molecule has 0 heterocycles. The highest BCUT2D eigenvalue weighted by Crippen LogP contribution is 2.30. The molecular weight excluding hydrogens is 278 g/mol. The molecule has 104 valence electrons. The third kappa shape index (κ3) is 3.88. The fourth-order valence-electron chi connectivity index (χ4n) is 1.33. The summed E-state index contributed by atoms with van der Waals surface area (Å²) in [6.45, 7) is 1.29. The van der Waals surface area contributed by atoms with Gasteiger partial charge in [-0.05, 0) is 24.6 Å². The van der Waals surface area contributed by atoms with Gasteiger partial charge in [-0.15, -0.1) is 12.4 Å². The van der Waals surface area contributed by atoms with Gasteiger partial charge in [0.1, 0.15) is 6.04 Å². The third-order valence-corrected chi connectivity index (χ3v) is 2.34. The number of carbonyl (C=O) groups is 1. The van der Waals surface area contributed by atoms with Gasteiger partial charge in [-0.25, -0.2) is 4.79 Å². The summed E-state index contributed by atoms with van der Waals surface area (Å²) < 4.78 is 31.5. The van der Waals surface area contributed by atoms with Gasteiger partial charge in [0, 0.05) is 0 Å². The van der Waals surface area contributed by atoms with E-state index < -0.39 is 17.9 Å². The van der Waals surface area contributed by atoms with Crippen LogP contribution < -0.4 is 5.73 Å². The zero-order chi connectivity index (χ0) is 13.8. The van der Waals surface area contributed by atoms with E-state index in [2.05, 4.69) is 4.74 Å². The molecule has 0 aliphatic carbocycles. The van der Waals surface area contributed by atoms with Crippen molar-refractivity contribution in [1.82, 2.24) is 0 Å². The van der Waals surface area contributed by atoms with E-state index in [1.54, 1.807) is 0 Å². The molecule has 0 bridgehead atoms. The second kappa shape index (κ2) is 7.02. The Hall–Kier alpha value is -1.71. The van der Waals surface area contributed by atoms with Crippen molar-refractivity contribution in [2.24, 2.45) is 5.73 Å². The normalized spacial score (nSPS) is 11.9. The maximum atomic E-state index is 13.6. The number of nitriles is 1. The van der Waals surface area contributed by atoms with E-state index in [0.29, 0.717) is 5.56 Å². The van der Waals surface area contributed by atoms with Crippen molar-refractivity contribution < 1.29 is 18.3 Å². The van der Waals surface area contributed by atoms with Crippen molar-refractivity contribution >= 4 is 18.4 Å². The molecule has 0 aliphatic heterocycles. The Morgan fingerprint density at radius 3 is 2.42 bits per heavy atom. The van der Waals surface area contributed by atoms with Crippen LogP contribution in [0.1, 0.15) is 24.1 Å². The van der Waals surface area contributed by atoms with Crippen molar-refractivity contribution in [1.29, 1.82) is 5.26 Å². The summed E-state index contributed by atoms with van der Waals surface area (Å²) >= 11 is 0. The highest BCUT2D eigenvalue weighted by atomic mass is 35.5. The summed E-state index contributed by atoms with van der Waals surface area (Å²) in [7, 11) is 0. The summed E-state index contributed by atoms with van der Waals surface area (Å²) in [5.41, 5.74) is 5.75. The molecule has 0 amide bonds. The van der Waals surface area contributed by atoms with Gasteiger partial charge in [-0.3, -0.25) is 0 Å². The van der Waals surface area contributed by atoms with Crippen molar-refractivity contribution in [3.8, 4) is 6.07 Å². The smallest absolute Gasteiger partial charge is 0.379 e. The molecule has 0 aliphatic rings. The van der Waals surface area contributed by atoms with E-state index >= 15 is 0 Å². The first-order valence-electron chi connectivity index (χ1n) is 5.24. The molecule has 0 saturated carbocycles. The molecule has 7 heteroatoms. The number of rotatable bonds is 4. The fourth-order valence-corrected chi connectivity index (χ4v) is 1.33. The maximum absolute atomic E-state index is 13.6. The van der Waals surface area contributed by atoms with E-state index in [1.165, 1.54) is 31.2 Å². The Balaban J connectivity index is 0.00000324. The predicted molar refractivity (Wildman–Crippen MR) is 66.9 cm³/mol. The molecule has 0 spiro atoms. The highest BCUT2D eigenvalue weighted by molar-refractivity contribution is 5.85. The molecule has 1 atom stereocenters. The van der Waals surface area contributed by atoms with Crippen LogP contribution in [-0.2, 0) is 9.53 Å². The van der Waals surface area contributed by atoms with Crippen LogP contribution in [0, 0.1) is 11.3 Å². The Bertz CT molecular complexity index is 472. The molecule has 1 aromatic carbocycles. The number of halogens is 3. The molecule has 2 N–H and O–H groups in total. The SMILES string of the molecule is CCOC(=O)C(F)(F)[C@H](N)c1ccc(C#N)cc1.Cl. The third-order valence-electron chi connectivity index (χ3n) is 2.34. The van der Waals surface area contributed by atoms with E-state index in [4.69, 9.17) is 11.0 Å². The zero-order valence-electron chi connectivity index (χ0n) is 10.1. The van der Waals surface area contributed by atoms with Crippen molar-refractivity contribution in [3.05, 3.63) is 35.4 Å². The van der Waals surface area contributed by atoms with Crippen LogP contribution in [0.2, 0.25) is 0 Å². The standard InChI is InChI=1S/C12H12F2N2O2.ClH/c1-2-18-11(17)12(13,14)10(16)9-5-3-8(7-15)4-6-9;/h3-6,10H,2,16H2,1H3;1H/t10-;/m1./s1. The number of nitrogens with zero attached hydrogens (tertiary/aromatic N) is 1. The molecule has 0 fully saturated rings. The van der Waals surface area contributed by atoms with Gasteiger partial charge in [0.05, 0.1) is 18.2 Å². The topological polar surface area (TPSA) is 76.1 Å². The number of ether oxygens (including phenoxy) is 1. The largest absolute Gasteiger partial charge is 0.462 e. The van der Waals surface area contributed by atoms with Gasteiger partial charge in [-0.1, -0.05) is 12.1 Å². The molecule has 0 aromatic heterocycles. The Labute approximate surface area is 115 Å². The molecule has 1 aromatic rings. The van der Waals surface area contributed by atoms with Crippen LogP contribution in [0.3, 0.4) is 0 Å². The lowest BCUT2D eigenvalue weighted by molar-refractivity contribution is -0.174. The van der Waals surface area contributed by atoms with Gasteiger partial charge in [0.25, 0.3) is 0 Å². The number of alkyl halides is 2. The molecule has 1 rings (SSSR count). The maximum Gasteiger partial charge on any atom is 0.379 e. The van der Waals surface area contributed by atoms with Gasteiger partial charge in [0.2, 0.25) is 0 Å². The minimum Gasteiger partial charge on any atom is -0.462 e. The number of benzene rings is 1. The summed E-state index contributed by atoms with van der Waals surface area (Å²) in [6.07, 6.45) is 0. The zero-order valence-corrected chi connectivity index (χ0v) is 10.9. The van der Waals surface area contributed by atoms with Crippen LogP contribution in [0.15, 0.2) is 24.3 Å². The van der Waals surface area contributed by atoms with E-state index in [1.807, 2.05) is 6.07 Å². The van der Waals surface area contributed by atoms with Crippen LogP contribution in [-0.4, -0.2) is 18.5 Å². The number of esters is 1. The van der Waals surface area contributed by atoms with Gasteiger partial charge < -0.3 is 10.5 Å². The Morgan fingerprint density at radius 2 is 2.00 bits per heavy atom. The Kier molecular flexibility index (Phi) is 6.39. The van der Waals surface area contributed by atoms with E-state index in [-0.39, 0.29) is 24.6 Å². The molecule has 0 radical (unpaired) electrons. The highest BCUT2D eigenvalue weighted by Gasteiger charge is 2.47. The lowest BCUT2D eigenvalue weighted by Crippen LogP contribution is -2.41. The van der Waals surface area contributed by atoms with E-state index in [9.17, 15) is 13.6 Å². The predicted octanol–water partition coefficient (Wildman–Crippen LogP) is 2.18. The number of hydrogen-bond acceptors (Lipinski definition) is 4. The Morgan fingerprint density at radius 1 is 1.47 bits per heavy atom. The van der Waals surface area contributed by atoms with Gasteiger partial charge in [-0.2, -0.15) is 14.0 Å². The van der Waals surface area contributed by atoms with E-state index in [0.717, 1.165) is 0 Å². The lowest BCUT2D eigenvalue weighted by Gasteiger charge is -2.21. The number of nitrogens with two attached hydrogens (primary N) is 1. The average molecular weight is 291 g/mol. The molecule has 0 unspecified atom stereocenters. The summed E-state index contributed by atoms with van der Waals surface area (Å²) in [4.78, 5) is 11.1. The first-order valence-corrected chi connectivity index (χ1v) is 5.24. The molecule has 0 saturated heterocycles. The molecule has 4 nitrogen and oxygen atoms in total. The van der Waals surface area contributed by atoms with Gasteiger partial charge in [0.15, 0.2) is 0 Å². The van der Waals surface area contributed by atoms with Crippen LogP contribution in [0.5, 0.6) is 0 Å². The van der Waals surface area contributed by atoms with Crippen molar-refractivity contribution in [2.45, 2.75) is 18.9 Å². The fraction of sp³-hybridized carbons (Fsp3) is 0.333. The summed E-state index contributed by atoms with van der Waals surface area (Å²) in [6, 6.07) is 5.34. The van der Waals surface area contributed by atoms with Crippen molar-refractivity contribution in [3.63, 3.8) is 0 Å². The molecule has 19 heavy (non-hydrogen) atoms. The second-order valence-electron chi connectivity index (χ2n) is 3.55. The average Bonchev–Trinajstić information content (AvgIpc) is 2.38.